The molecule has 1 aromatic heterocycles. The fraction of sp³-hybridized carbons (Fsp3) is 0.375. The van der Waals surface area contributed by atoms with Crippen molar-refractivity contribution >= 4 is 5.91 Å². The number of nitrogens with zero attached hydrogens (tertiary/aromatic N) is 3. The molecule has 0 saturated carbocycles. The lowest BCUT2D eigenvalue weighted by molar-refractivity contribution is -0.123. The van der Waals surface area contributed by atoms with Crippen LogP contribution in [0.3, 0.4) is 0 Å². The molecule has 4 rings (SSSR count). The number of amides is 1. The van der Waals surface area contributed by atoms with Crippen molar-refractivity contribution in [2.24, 2.45) is 0 Å². The number of carbonyl (C=O) groups is 1. The molecule has 1 unspecified atom stereocenters. The first-order chi connectivity index (χ1) is 14.7. The van der Waals surface area contributed by atoms with Gasteiger partial charge in [-0.15, -0.1) is 0 Å². The van der Waals surface area contributed by atoms with Crippen molar-refractivity contribution in [2.75, 3.05) is 19.6 Å². The highest BCUT2D eigenvalue weighted by atomic mass is 16.5. The quantitative estimate of drug-likeness (QED) is 0.651. The molecule has 6 nitrogen and oxygen atoms in total. The third kappa shape index (κ3) is 5.33. The van der Waals surface area contributed by atoms with Gasteiger partial charge in [0, 0.05) is 5.92 Å². The van der Waals surface area contributed by atoms with Gasteiger partial charge in [-0.1, -0.05) is 65.8 Å². The topological polar surface area (TPSA) is 71.3 Å². The van der Waals surface area contributed by atoms with E-state index in [0.717, 1.165) is 43.8 Å². The summed E-state index contributed by atoms with van der Waals surface area (Å²) in [5.74, 6) is 1.76. The Morgan fingerprint density at radius 2 is 1.77 bits per heavy atom. The normalized spacial score (nSPS) is 16.3. The maximum Gasteiger partial charge on any atom is 0.234 e. The first-order valence-corrected chi connectivity index (χ1v) is 10.6. The molecule has 3 aromatic rings. The number of rotatable bonds is 7. The molecule has 1 atom stereocenters. The van der Waals surface area contributed by atoms with Crippen molar-refractivity contribution in [1.29, 1.82) is 0 Å². The van der Waals surface area contributed by atoms with Crippen LogP contribution in [-0.4, -0.2) is 40.6 Å². The Morgan fingerprint density at radius 1 is 1.10 bits per heavy atom. The molecule has 1 aliphatic heterocycles. The van der Waals surface area contributed by atoms with Gasteiger partial charge in [0.1, 0.15) is 0 Å². The number of hydrogen-bond acceptors (Lipinski definition) is 5. The van der Waals surface area contributed by atoms with Crippen LogP contribution in [0.15, 0.2) is 65.2 Å². The third-order valence-electron chi connectivity index (χ3n) is 5.67. The first-order valence-electron chi connectivity index (χ1n) is 10.6. The number of likely N-dealkylation sites (tertiary alicyclic amines) is 1. The summed E-state index contributed by atoms with van der Waals surface area (Å²) in [7, 11) is 0. The number of benzene rings is 2. The van der Waals surface area contributed by atoms with E-state index in [0.29, 0.717) is 18.3 Å². The molecule has 6 heteroatoms. The monoisotopic (exact) mass is 404 g/mol. The van der Waals surface area contributed by atoms with Crippen LogP contribution >= 0.6 is 0 Å². The highest BCUT2D eigenvalue weighted by molar-refractivity contribution is 5.78. The van der Waals surface area contributed by atoms with Crippen molar-refractivity contribution in [3.63, 3.8) is 0 Å². The van der Waals surface area contributed by atoms with E-state index in [4.69, 9.17) is 4.52 Å². The summed E-state index contributed by atoms with van der Waals surface area (Å²) >= 11 is 0. The fourth-order valence-corrected chi connectivity index (χ4v) is 4.05. The standard InChI is InChI=1S/C24H28N4O2/c1-18-25-24(30-27-18)21-12-14-28(15-13-21)17-23(29)26-22(20-10-6-3-7-11-20)16-19-8-4-2-5-9-19/h2-11,21-22H,12-17H2,1H3,(H,26,29). The third-order valence-corrected chi connectivity index (χ3v) is 5.67. The molecule has 0 aliphatic carbocycles. The van der Waals surface area contributed by atoms with Crippen LogP contribution in [0.4, 0.5) is 0 Å². The SMILES string of the molecule is Cc1noc(C2CCN(CC(=O)NC(Cc3ccccc3)c3ccccc3)CC2)n1. The molecule has 1 fully saturated rings. The first kappa shape index (κ1) is 20.3. The summed E-state index contributed by atoms with van der Waals surface area (Å²) < 4.78 is 5.32. The van der Waals surface area contributed by atoms with Gasteiger partial charge in [-0.05, 0) is 50.4 Å². The predicted octanol–water partition coefficient (Wildman–Crippen LogP) is 3.66. The van der Waals surface area contributed by atoms with Crippen molar-refractivity contribution in [2.45, 2.75) is 38.1 Å². The number of piperidine rings is 1. The summed E-state index contributed by atoms with van der Waals surface area (Å²) in [6, 6.07) is 20.4. The van der Waals surface area contributed by atoms with Crippen molar-refractivity contribution in [3.8, 4) is 0 Å². The van der Waals surface area contributed by atoms with Crippen molar-refractivity contribution in [1.82, 2.24) is 20.4 Å². The molecule has 2 aromatic carbocycles. The van der Waals surface area contributed by atoms with E-state index >= 15 is 0 Å². The van der Waals surface area contributed by atoms with Crippen LogP contribution in [0.1, 0.15) is 47.6 Å². The van der Waals surface area contributed by atoms with Crippen LogP contribution in [-0.2, 0) is 11.2 Å². The van der Waals surface area contributed by atoms with E-state index in [2.05, 4.69) is 44.6 Å². The Morgan fingerprint density at radius 3 is 2.40 bits per heavy atom. The second-order valence-corrected chi connectivity index (χ2v) is 7.95. The molecule has 1 amide bonds. The molecule has 30 heavy (non-hydrogen) atoms. The maximum atomic E-state index is 12.8. The fourth-order valence-electron chi connectivity index (χ4n) is 4.05. The largest absolute Gasteiger partial charge is 0.348 e. The number of hydrogen-bond donors (Lipinski definition) is 1. The van der Waals surface area contributed by atoms with Crippen LogP contribution in [0.5, 0.6) is 0 Å². The zero-order valence-electron chi connectivity index (χ0n) is 17.3. The highest BCUT2D eigenvalue weighted by Crippen LogP contribution is 2.26. The van der Waals surface area contributed by atoms with Crippen LogP contribution in [0.25, 0.3) is 0 Å². The van der Waals surface area contributed by atoms with Crippen molar-refractivity contribution < 1.29 is 9.32 Å². The summed E-state index contributed by atoms with van der Waals surface area (Å²) in [5, 5.41) is 7.15. The minimum atomic E-state index is -0.0417. The van der Waals surface area contributed by atoms with Gasteiger partial charge in [-0.3, -0.25) is 9.69 Å². The summed E-state index contributed by atoms with van der Waals surface area (Å²) in [5.41, 5.74) is 2.34. The average Bonchev–Trinajstić information content (AvgIpc) is 3.21. The molecule has 0 radical (unpaired) electrons. The maximum absolute atomic E-state index is 12.8. The zero-order valence-corrected chi connectivity index (χ0v) is 17.3. The lowest BCUT2D eigenvalue weighted by Crippen LogP contribution is -2.42. The predicted molar refractivity (Wildman–Crippen MR) is 115 cm³/mol. The Balaban J connectivity index is 1.34. The lowest BCUT2D eigenvalue weighted by atomic mass is 9.96. The molecular weight excluding hydrogens is 376 g/mol. The molecule has 0 spiro atoms. The minimum Gasteiger partial charge on any atom is -0.348 e. The van der Waals surface area contributed by atoms with Gasteiger partial charge in [-0.25, -0.2) is 0 Å². The molecule has 2 heterocycles. The Labute approximate surface area is 177 Å². The lowest BCUT2D eigenvalue weighted by Gasteiger charge is -2.30. The molecule has 1 saturated heterocycles. The van der Waals surface area contributed by atoms with E-state index < -0.39 is 0 Å². The van der Waals surface area contributed by atoms with Crippen LogP contribution in [0, 0.1) is 6.92 Å². The second-order valence-electron chi connectivity index (χ2n) is 7.95. The molecule has 1 N–H and O–H groups in total. The highest BCUT2D eigenvalue weighted by Gasteiger charge is 2.26. The van der Waals surface area contributed by atoms with Gasteiger partial charge < -0.3 is 9.84 Å². The van der Waals surface area contributed by atoms with Gasteiger partial charge in [0.15, 0.2) is 5.82 Å². The smallest absolute Gasteiger partial charge is 0.234 e. The summed E-state index contributed by atoms with van der Waals surface area (Å²) in [6.45, 7) is 3.96. The van der Waals surface area contributed by atoms with E-state index in [1.807, 2.05) is 43.3 Å². The number of aromatic nitrogens is 2. The Hall–Kier alpha value is -2.99. The number of aryl methyl sites for hydroxylation is 1. The van der Waals surface area contributed by atoms with E-state index in [1.54, 1.807) is 0 Å². The van der Waals surface area contributed by atoms with Gasteiger partial charge in [0.2, 0.25) is 11.8 Å². The summed E-state index contributed by atoms with van der Waals surface area (Å²) in [6.07, 6.45) is 2.64. The number of carbonyl (C=O) groups excluding carboxylic acids is 1. The average molecular weight is 405 g/mol. The zero-order chi connectivity index (χ0) is 20.8. The van der Waals surface area contributed by atoms with Gasteiger partial charge in [0.05, 0.1) is 12.6 Å². The Kier molecular flexibility index (Phi) is 6.54. The van der Waals surface area contributed by atoms with Crippen LogP contribution < -0.4 is 5.32 Å². The summed E-state index contributed by atoms with van der Waals surface area (Å²) in [4.78, 5) is 19.4. The molecule has 0 bridgehead atoms. The van der Waals surface area contributed by atoms with E-state index in [-0.39, 0.29) is 11.9 Å². The molecular formula is C24H28N4O2. The number of nitrogens with one attached hydrogen (secondary N) is 1. The van der Waals surface area contributed by atoms with Crippen molar-refractivity contribution in [3.05, 3.63) is 83.5 Å². The van der Waals surface area contributed by atoms with Gasteiger partial charge in [0.25, 0.3) is 0 Å². The Bertz CT molecular complexity index is 934. The van der Waals surface area contributed by atoms with Gasteiger partial charge >= 0.3 is 0 Å². The second kappa shape index (κ2) is 9.67. The van der Waals surface area contributed by atoms with Crippen LogP contribution in [0.2, 0.25) is 0 Å². The molecule has 1 aliphatic rings. The van der Waals surface area contributed by atoms with Gasteiger partial charge in [-0.2, -0.15) is 4.98 Å². The van der Waals surface area contributed by atoms with E-state index in [1.165, 1.54) is 5.56 Å². The van der Waals surface area contributed by atoms with E-state index in [9.17, 15) is 4.79 Å². The molecule has 156 valence electrons. The minimum absolute atomic E-state index is 0.0417.